The Hall–Kier alpha value is -0.860. The molecule has 4 rings (SSSR count). The molecule has 2 heteroatoms. The van der Waals surface area contributed by atoms with Crippen molar-refractivity contribution < 1.29 is 0 Å². The molecule has 1 atom stereocenters. The fraction of sp³-hybridized carbons (Fsp3) is 0.667. The zero-order valence-corrected chi connectivity index (χ0v) is 12.4. The van der Waals surface area contributed by atoms with Crippen LogP contribution in [0.15, 0.2) is 24.3 Å². The number of nitrogens with one attached hydrogen (secondary N) is 1. The highest BCUT2D eigenvalue weighted by molar-refractivity contribution is 5.33. The van der Waals surface area contributed by atoms with E-state index in [9.17, 15) is 0 Å². The average Bonchev–Trinajstić information content (AvgIpc) is 3.39. The second kappa shape index (κ2) is 5.50. The summed E-state index contributed by atoms with van der Waals surface area (Å²) >= 11 is 0. The van der Waals surface area contributed by atoms with Crippen LogP contribution in [0.25, 0.3) is 0 Å². The molecule has 1 aromatic rings. The minimum absolute atomic E-state index is 0.866. The van der Waals surface area contributed by atoms with E-state index >= 15 is 0 Å². The molecule has 1 aliphatic heterocycles. The molecule has 1 heterocycles. The van der Waals surface area contributed by atoms with E-state index in [1.807, 2.05) is 0 Å². The summed E-state index contributed by atoms with van der Waals surface area (Å²) in [5, 5.41) is 3.72. The molecule has 1 unspecified atom stereocenters. The molecule has 0 amide bonds. The maximum Gasteiger partial charge on any atom is 0.0208 e. The van der Waals surface area contributed by atoms with Crippen molar-refractivity contribution >= 4 is 0 Å². The standard InChI is InChI=1S/C18H26N2/c1-2-4-18(15-5-6-15)16(3-1)12-19-11-14-9-10-20(13-14)17-7-8-17/h1-4,14-15,17,19H,5-13H2. The summed E-state index contributed by atoms with van der Waals surface area (Å²) in [4.78, 5) is 2.71. The van der Waals surface area contributed by atoms with E-state index < -0.39 is 0 Å². The minimum atomic E-state index is 0.866. The second-order valence-corrected chi connectivity index (χ2v) is 6.98. The Morgan fingerprint density at radius 2 is 1.90 bits per heavy atom. The van der Waals surface area contributed by atoms with Gasteiger partial charge in [-0.2, -0.15) is 0 Å². The summed E-state index contributed by atoms with van der Waals surface area (Å²) in [5.41, 5.74) is 3.14. The minimum Gasteiger partial charge on any atom is -0.312 e. The van der Waals surface area contributed by atoms with Crippen LogP contribution in [0, 0.1) is 5.92 Å². The normalized spacial score (nSPS) is 27.1. The van der Waals surface area contributed by atoms with E-state index in [0.717, 1.165) is 24.4 Å². The first-order valence-electron chi connectivity index (χ1n) is 8.43. The van der Waals surface area contributed by atoms with Gasteiger partial charge in [0.15, 0.2) is 0 Å². The lowest BCUT2D eigenvalue weighted by molar-refractivity contribution is 0.312. The highest BCUT2D eigenvalue weighted by Crippen LogP contribution is 2.41. The van der Waals surface area contributed by atoms with Gasteiger partial charge in [0.2, 0.25) is 0 Å². The molecule has 2 saturated carbocycles. The summed E-state index contributed by atoms with van der Waals surface area (Å²) in [6.07, 6.45) is 7.10. The number of likely N-dealkylation sites (tertiary alicyclic amines) is 1. The van der Waals surface area contributed by atoms with Crippen molar-refractivity contribution in [1.82, 2.24) is 10.2 Å². The first-order chi connectivity index (χ1) is 9.90. The van der Waals surface area contributed by atoms with Crippen LogP contribution < -0.4 is 5.32 Å². The van der Waals surface area contributed by atoms with Crippen LogP contribution in [0.3, 0.4) is 0 Å². The van der Waals surface area contributed by atoms with Crippen LogP contribution >= 0.6 is 0 Å². The number of nitrogens with zero attached hydrogens (tertiary/aromatic N) is 1. The van der Waals surface area contributed by atoms with Gasteiger partial charge in [-0.1, -0.05) is 24.3 Å². The third-order valence-corrected chi connectivity index (χ3v) is 5.20. The van der Waals surface area contributed by atoms with Crippen LogP contribution in [-0.2, 0) is 6.54 Å². The van der Waals surface area contributed by atoms with Gasteiger partial charge in [0.05, 0.1) is 0 Å². The third-order valence-electron chi connectivity index (χ3n) is 5.20. The maximum atomic E-state index is 3.72. The van der Waals surface area contributed by atoms with Gasteiger partial charge in [-0.25, -0.2) is 0 Å². The van der Waals surface area contributed by atoms with Crippen LogP contribution in [0.4, 0.5) is 0 Å². The van der Waals surface area contributed by atoms with Crippen LogP contribution in [-0.4, -0.2) is 30.6 Å². The summed E-state index contributed by atoms with van der Waals surface area (Å²) < 4.78 is 0. The number of benzene rings is 1. The van der Waals surface area contributed by atoms with Gasteiger partial charge in [0.25, 0.3) is 0 Å². The lowest BCUT2D eigenvalue weighted by Gasteiger charge is -2.16. The lowest BCUT2D eigenvalue weighted by atomic mass is 10.0. The van der Waals surface area contributed by atoms with Gasteiger partial charge in [-0.05, 0) is 68.2 Å². The van der Waals surface area contributed by atoms with Crippen molar-refractivity contribution in [2.45, 2.75) is 50.6 Å². The molecule has 1 N–H and O–H groups in total. The quantitative estimate of drug-likeness (QED) is 0.854. The Labute approximate surface area is 122 Å². The Kier molecular flexibility index (Phi) is 3.53. The molecule has 2 aliphatic carbocycles. The molecule has 0 spiro atoms. The van der Waals surface area contributed by atoms with E-state index in [1.54, 1.807) is 5.56 Å². The van der Waals surface area contributed by atoms with Crippen LogP contribution in [0.2, 0.25) is 0 Å². The van der Waals surface area contributed by atoms with Crippen molar-refractivity contribution in [2.75, 3.05) is 19.6 Å². The molecule has 20 heavy (non-hydrogen) atoms. The van der Waals surface area contributed by atoms with E-state index in [-0.39, 0.29) is 0 Å². The molecule has 3 fully saturated rings. The molecule has 1 aromatic carbocycles. The molecule has 3 aliphatic rings. The Morgan fingerprint density at radius 1 is 1.05 bits per heavy atom. The Morgan fingerprint density at radius 3 is 2.70 bits per heavy atom. The highest BCUT2D eigenvalue weighted by Gasteiger charge is 2.34. The SMILES string of the molecule is c1ccc(C2CC2)c(CNCC2CCN(C3CC3)C2)c1. The van der Waals surface area contributed by atoms with Gasteiger partial charge < -0.3 is 10.2 Å². The monoisotopic (exact) mass is 270 g/mol. The summed E-state index contributed by atoms with van der Waals surface area (Å²) in [5.74, 6) is 1.74. The number of hydrogen-bond acceptors (Lipinski definition) is 2. The van der Waals surface area contributed by atoms with Crippen molar-refractivity contribution in [3.63, 3.8) is 0 Å². The van der Waals surface area contributed by atoms with Crippen LogP contribution in [0.1, 0.15) is 49.1 Å². The number of hydrogen-bond donors (Lipinski definition) is 1. The molecular formula is C18H26N2. The summed E-state index contributed by atoms with van der Waals surface area (Å²) in [6.45, 7) is 4.94. The largest absolute Gasteiger partial charge is 0.312 e. The van der Waals surface area contributed by atoms with E-state index in [4.69, 9.17) is 0 Å². The predicted octanol–water partition coefficient (Wildman–Crippen LogP) is 3.14. The van der Waals surface area contributed by atoms with Crippen molar-refractivity contribution in [1.29, 1.82) is 0 Å². The van der Waals surface area contributed by atoms with Gasteiger partial charge >= 0.3 is 0 Å². The zero-order chi connectivity index (χ0) is 13.4. The van der Waals surface area contributed by atoms with E-state index in [1.165, 1.54) is 57.3 Å². The molecule has 2 nitrogen and oxygen atoms in total. The van der Waals surface area contributed by atoms with E-state index in [0.29, 0.717) is 0 Å². The Balaban J connectivity index is 1.26. The third kappa shape index (κ3) is 2.91. The summed E-state index contributed by atoms with van der Waals surface area (Å²) in [6, 6.07) is 9.98. The fourth-order valence-corrected chi connectivity index (χ4v) is 3.70. The first-order valence-corrected chi connectivity index (χ1v) is 8.43. The van der Waals surface area contributed by atoms with E-state index in [2.05, 4.69) is 34.5 Å². The zero-order valence-electron chi connectivity index (χ0n) is 12.4. The van der Waals surface area contributed by atoms with Crippen molar-refractivity contribution in [2.24, 2.45) is 5.92 Å². The molecule has 0 radical (unpaired) electrons. The van der Waals surface area contributed by atoms with Gasteiger partial charge in [-0.3, -0.25) is 0 Å². The first kappa shape index (κ1) is 12.8. The Bertz CT molecular complexity index is 462. The smallest absolute Gasteiger partial charge is 0.0208 e. The van der Waals surface area contributed by atoms with Gasteiger partial charge in [0, 0.05) is 19.1 Å². The van der Waals surface area contributed by atoms with Crippen molar-refractivity contribution in [3.8, 4) is 0 Å². The molecule has 108 valence electrons. The van der Waals surface area contributed by atoms with Crippen molar-refractivity contribution in [3.05, 3.63) is 35.4 Å². The maximum absolute atomic E-state index is 3.72. The van der Waals surface area contributed by atoms with Gasteiger partial charge in [-0.15, -0.1) is 0 Å². The topological polar surface area (TPSA) is 15.3 Å². The van der Waals surface area contributed by atoms with Gasteiger partial charge in [0.1, 0.15) is 0 Å². The summed E-state index contributed by atoms with van der Waals surface area (Å²) in [7, 11) is 0. The number of rotatable bonds is 6. The van der Waals surface area contributed by atoms with Crippen LogP contribution in [0.5, 0.6) is 0 Å². The molecule has 0 aromatic heterocycles. The highest BCUT2D eigenvalue weighted by atomic mass is 15.2. The molecule has 0 bridgehead atoms. The average molecular weight is 270 g/mol. The molecular weight excluding hydrogens is 244 g/mol. The second-order valence-electron chi connectivity index (χ2n) is 6.98. The predicted molar refractivity (Wildman–Crippen MR) is 82.8 cm³/mol. The fourth-order valence-electron chi connectivity index (χ4n) is 3.70. The molecule has 1 saturated heterocycles. The lowest BCUT2D eigenvalue weighted by Crippen LogP contribution is -2.27.